The van der Waals surface area contributed by atoms with Crippen LogP contribution >= 0.6 is 0 Å². The molecule has 0 saturated carbocycles. The molecule has 0 aromatic heterocycles. The number of aliphatic hydroxyl groups excluding tert-OH is 1. The monoisotopic (exact) mass is 273 g/mol. The van der Waals surface area contributed by atoms with Crippen molar-refractivity contribution in [3.05, 3.63) is 35.9 Å². The maximum absolute atomic E-state index is 12.1. The van der Waals surface area contributed by atoms with Crippen LogP contribution in [-0.2, 0) is 9.53 Å². The normalized spacial score (nSPS) is 14.2. The smallest absolute Gasteiger partial charge is 0.314 e. The second-order valence-electron chi connectivity index (χ2n) is 4.05. The number of alkyl halides is 2. The number of hydrogen-bond acceptors (Lipinski definition) is 4. The summed E-state index contributed by atoms with van der Waals surface area (Å²) < 4.78 is 28.9. The number of methoxy groups -OCH3 is 1. The van der Waals surface area contributed by atoms with E-state index in [1.54, 1.807) is 24.3 Å². The fourth-order valence-corrected chi connectivity index (χ4v) is 1.63. The van der Waals surface area contributed by atoms with Crippen LogP contribution in [0, 0.1) is 0 Å². The average Bonchev–Trinajstić information content (AvgIpc) is 2.43. The minimum absolute atomic E-state index is 0.125. The molecule has 0 aliphatic heterocycles. The highest BCUT2D eigenvalue weighted by Gasteiger charge is 2.22. The summed E-state index contributed by atoms with van der Waals surface area (Å²) in [6.45, 7) is -0.154. The molecule has 6 heteroatoms. The van der Waals surface area contributed by atoms with E-state index >= 15 is 0 Å². The van der Waals surface area contributed by atoms with Gasteiger partial charge in [-0.25, -0.2) is 8.78 Å². The van der Waals surface area contributed by atoms with Gasteiger partial charge in [-0.15, -0.1) is 0 Å². The molecule has 106 valence electrons. The van der Waals surface area contributed by atoms with Crippen molar-refractivity contribution in [2.75, 3.05) is 20.2 Å². The number of carbonyl (C=O) groups excluding carboxylic acids is 1. The van der Waals surface area contributed by atoms with Gasteiger partial charge in [-0.1, -0.05) is 30.3 Å². The number of rotatable bonds is 7. The molecule has 0 spiro atoms. The number of hydrogen-bond donors (Lipinski definition) is 2. The van der Waals surface area contributed by atoms with Gasteiger partial charge < -0.3 is 15.2 Å². The Morgan fingerprint density at radius 1 is 1.32 bits per heavy atom. The topological polar surface area (TPSA) is 58.6 Å². The predicted octanol–water partition coefficient (Wildman–Crippen LogP) is 1.16. The van der Waals surface area contributed by atoms with Gasteiger partial charge in [0.15, 0.2) is 0 Å². The Bertz CT molecular complexity index is 387. The van der Waals surface area contributed by atoms with E-state index in [-0.39, 0.29) is 13.1 Å². The Balaban J connectivity index is 2.60. The lowest BCUT2D eigenvalue weighted by Crippen LogP contribution is -2.36. The lowest BCUT2D eigenvalue weighted by atomic mass is 9.99. The zero-order valence-electron chi connectivity index (χ0n) is 10.6. The van der Waals surface area contributed by atoms with Gasteiger partial charge in [-0.3, -0.25) is 4.79 Å². The first-order valence-corrected chi connectivity index (χ1v) is 5.86. The summed E-state index contributed by atoms with van der Waals surface area (Å²) in [7, 11) is 1.27. The van der Waals surface area contributed by atoms with E-state index in [4.69, 9.17) is 5.11 Å². The quantitative estimate of drug-likeness (QED) is 0.732. The Morgan fingerprint density at radius 2 is 1.95 bits per heavy atom. The molecule has 2 atom stereocenters. The fourth-order valence-electron chi connectivity index (χ4n) is 1.63. The van der Waals surface area contributed by atoms with Crippen LogP contribution in [-0.4, -0.2) is 43.8 Å². The second kappa shape index (κ2) is 7.81. The summed E-state index contributed by atoms with van der Waals surface area (Å²) in [6, 6.07) is 8.88. The number of carbonyl (C=O) groups is 1. The standard InChI is InChI=1S/C13H17F2NO3/c1-19-13(18)10(9-5-3-2-4-6-9)7-16-8-11(17)12(14)15/h2-6,10-12,16-17H,7-8H2,1H3. The highest BCUT2D eigenvalue weighted by atomic mass is 19.3. The molecule has 0 aliphatic rings. The number of benzene rings is 1. The van der Waals surface area contributed by atoms with Crippen LogP contribution in [0.25, 0.3) is 0 Å². The average molecular weight is 273 g/mol. The van der Waals surface area contributed by atoms with E-state index < -0.39 is 24.4 Å². The van der Waals surface area contributed by atoms with E-state index in [0.29, 0.717) is 0 Å². The highest BCUT2D eigenvalue weighted by Crippen LogP contribution is 2.16. The molecule has 0 fully saturated rings. The van der Waals surface area contributed by atoms with E-state index in [9.17, 15) is 13.6 Å². The Hall–Kier alpha value is -1.53. The summed E-state index contributed by atoms with van der Waals surface area (Å²) in [6.07, 6.45) is -4.55. The molecule has 1 rings (SSSR count). The lowest BCUT2D eigenvalue weighted by molar-refractivity contribution is -0.142. The first-order valence-electron chi connectivity index (χ1n) is 5.86. The molecular formula is C13H17F2NO3. The van der Waals surface area contributed by atoms with Gasteiger partial charge >= 0.3 is 5.97 Å². The zero-order chi connectivity index (χ0) is 14.3. The van der Waals surface area contributed by atoms with Crippen LogP contribution in [0.15, 0.2) is 30.3 Å². The van der Waals surface area contributed by atoms with Crippen LogP contribution in [0.3, 0.4) is 0 Å². The van der Waals surface area contributed by atoms with E-state index in [1.807, 2.05) is 6.07 Å². The van der Waals surface area contributed by atoms with Gasteiger partial charge in [0, 0.05) is 13.1 Å². The van der Waals surface area contributed by atoms with Crippen molar-refractivity contribution in [3.8, 4) is 0 Å². The molecule has 0 amide bonds. The molecule has 1 aromatic carbocycles. The van der Waals surface area contributed by atoms with Crippen LogP contribution < -0.4 is 5.32 Å². The Labute approximate surface area is 110 Å². The van der Waals surface area contributed by atoms with Gasteiger partial charge in [0.1, 0.15) is 6.10 Å². The molecule has 1 aromatic rings. The number of esters is 1. The van der Waals surface area contributed by atoms with Crippen LogP contribution in [0.4, 0.5) is 8.78 Å². The molecule has 2 unspecified atom stereocenters. The summed E-state index contributed by atoms with van der Waals surface area (Å²) in [5, 5.41) is 11.6. The van der Waals surface area contributed by atoms with Gasteiger partial charge in [-0.2, -0.15) is 0 Å². The maximum Gasteiger partial charge on any atom is 0.314 e. The van der Waals surface area contributed by atoms with E-state index in [2.05, 4.69) is 10.1 Å². The van der Waals surface area contributed by atoms with E-state index in [0.717, 1.165) is 5.56 Å². The van der Waals surface area contributed by atoms with Crippen molar-refractivity contribution in [3.63, 3.8) is 0 Å². The van der Waals surface area contributed by atoms with Crippen LogP contribution in [0.1, 0.15) is 11.5 Å². The Morgan fingerprint density at radius 3 is 2.47 bits per heavy atom. The van der Waals surface area contributed by atoms with Crippen molar-refractivity contribution in [1.82, 2.24) is 5.32 Å². The first-order chi connectivity index (χ1) is 9.06. The molecule has 19 heavy (non-hydrogen) atoms. The summed E-state index contributed by atoms with van der Waals surface area (Å²) in [5.41, 5.74) is 0.730. The van der Waals surface area contributed by atoms with Gasteiger partial charge in [0.2, 0.25) is 0 Å². The van der Waals surface area contributed by atoms with Gasteiger partial charge in [0.05, 0.1) is 13.0 Å². The third kappa shape index (κ3) is 4.92. The zero-order valence-corrected chi connectivity index (χ0v) is 10.6. The minimum atomic E-state index is -2.80. The lowest BCUT2D eigenvalue weighted by Gasteiger charge is -2.17. The third-order valence-corrected chi connectivity index (χ3v) is 2.68. The number of nitrogens with one attached hydrogen (secondary N) is 1. The molecule has 0 aliphatic carbocycles. The predicted molar refractivity (Wildman–Crippen MR) is 66.1 cm³/mol. The fraction of sp³-hybridized carbons (Fsp3) is 0.462. The highest BCUT2D eigenvalue weighted by molar-refractivity contribution is 5.78. The van der Waals surface area contributed by atoms with Crippen molar-refractivity contribution in [1.29, 1.82) is 0 Å². The maximum atomic E-state index is 12.1. The molecule has 0 bridgehead atoms. The number of halogens is 2. The molecule has 0 heterocycles. The second-order valence-corrected chi connectivity index (χ2v) is 4.05. The van der Waals surface area contributed by atoms with Crippen molar-refractivity contribution >= 4 is 5.97 Å². The van der Waals surface area contributed by atoms with Gasteiger partial charge in [-0.05, 0) is 5.56 Å². The number of ether oxygens (including phenoxy) is 1. The summed E-state index contributed by atoms with van der Waals surface area (Å²) >= 11 is 0. The SMILES string of the molecule is COC(=O)C(CNCC(O)C(F)F)c1ccccc1. The number of aliphatic hydroxyl groups is 1. The van der Waals surface area contributed by atoms with Crippen molar-refractivity contribution in [2.45, 2.75) is 18.4 Å². The van der Waals surface area contributed by atoms with Gasteiger partial charge in [0.25, 0.3) is 6.43 Å². The molecule has 0 radical (unpaired) electrons. The van der Waals surface area contributed by atoms with E-state index in [1.165, 1.54) is 7.11 Å². The van der Waals surface area contributed by atoms with Crippen LogP contribution in [0.5, 0.6) is 0 Å². The minimum Gasteiger partial charge on any atom is -0.469 e. The van der Waals surface area contributed by atoms with Crippen molar-refractivity contribution < 1.29 is 23.4 Å². The third-order valence-electron chi connectivity index (χ3n) is 2.68. The van der Waals surface area contributed by atoms with Crippen molar-refractivity contribution in [2.24, 2.45) is 0 Å². The molecule has 4 nitrogen and oxygen atoms in total. The molecular weight excluding hydrogens is 256 g/mol. The summed E-state index contributed by atoms with van der Waals surface area (Å²) in [5.74, 6) is -1.04. The summed E-state index contributed by atoms with van der Waals surface area (Å²) in [4.78, 5) is 11.6. The largest absolute Gasteiger partial charge is 0.469 e. The Kier molecular flexibility index (Phi) is 6.38. The molecule has 2 N–H and O–H groups in total. The van der Waals surface area contributed by atoms with Crippen LogP contribution in [0.2, 0.25) is 0 Å². The first kappa shape index (κ1) is 15.5. The molecule has 0 saturated heterocycles.